The topological polar surface area (TPSA) is 44.6 Å². The van der Waals surface area contributed by atoms with Gasteiger partial charge in [-0.3, -0.25) is 4.99 Å². The van der Waals surface area contributed by atoms with Crippen molar-refractivity contribution in [3.8, 4) is 0 Å². The zero-order valence-electron chi connectivity index (χ0n) is 8.84. The average molecular weight is 206 g/mol. The number of hydrogen-bond acceptors (Lipinski definition) is 3. The van der Waals surface area contributed by atoms with E-state index in [9.17, 15) is 5.11 Å². The van der Waals surface area contributed by atoms with Crippen LogP contribution in [0, 0.1) is 5.92 Å². The molecule has 1 aliphatic heterocycles. The van der Waals surface area contributed by atoms with Gasteiger partial charge in [-0.15, -0.1) is 0 Å². The average Bonchev–Trinajstić information content (AvgIpc) is 2.29. The Labute approximate surface area is 90.6 Å². The quantitative estimate of drug-likeness (QED) is 0.674. The van der Waals surface area contributed by atoms with Gasteiger partial charge < -0.3 is 10.4 Å². The van der Waals surface area contributed by atoms with Crippen LogP contribution >= 0.6 is 0 Å². The van der Waals surface area contributed by atoms with Crippen molar-refractivity contribution in [1.29, 1.82) is 0 Å². The van der Waals surface area contributed by atoms with Crippen molar-refractivity contribution in [3.63, 3.8) is 0 Å². The van der Waals surface area contributed by atoms with Crippen molar-refractivity contribution in [2.45, 2.75) is 38.0 Å². The fourth-order valence-electron chi connectivity index (χ4n) is 2.04. The van der Waals surface area contributed by atoms with Crippen molar-refractivity contribution in [2.24, 2.45) is 10.9 Å². The lowest BCUT2D eigenvalue weighted by molar-refractivity contribution is 0.103. The first-order chi connectivity index (χ1) is 7.36. The first-order valence-corrected chi connectivity index (χ1v) is 5.67. The third kappa shape index (κ3) is 2.93. The number of allylic oxidation sites excluding steroid dienone is 2. The zero-order chi connectivity index (χ0) is 10.5. The van der Waals surface area contributed by atoms with Crippen LogP contribution in [-0.2, 0) is 0 Å². The molecule has 0 amide bonds. The van der Waals surface area contributed by atoms with E-state index >= 15 is 0 Å². The highest BCUT2D eigenvalue weighted by Gasteiger charge is 2.21. The van der Waals surface area contributed by atoms with Gasteiger partial charge in [0.25, 0.3) is 0 Å². The van der Waals surface area contributed by atoms with E-state index in [1.54, 1.807) is 0 Å². The van der Waals surface area contributed by atoms with E-state index in [0.29, 0.717) is 0 Å². The molecule has 0 bridgehead atoms. The summed E-state index contributed by atoms with van der Waals surface area (Å²) in [4.78, 5) is 4.42. The Morgan fingerprint density at radius 1 is 1.27 bits per heavy atom. The second-order valence-electron chi connectivity index (χ2n) is 4.17. The van der Waals surface area contributed by atoms with Crippen LogP contribution in [0.15, 0.2) is 29.4 Å². The van der Waals surface area contributed by atoms with E-state index < -0.39 is 0 Å². The van der Waals surface area contributed by atoms with Crippen LogP contribution in [0.4, 0.5) is 0 Å². The number of aliphatic hydroxyl groups excluding tert-OH is 1. The standard InChI is InChI=1S/C12H18N2O/c15-11-6-2-1-5-10(11)9-14-12-7-3-4-8-13-12/h3-4,7-13,15H,1-2,5-6H2. The van der Waals surface area contributed by atoms with Crippen molar-refractivity contribution in [2.75, 3.05) is 0 Å². The Kier molecular flexibility index (Phi) is 3.56. The molecule has 1 aliphatic carbocycles. The number of nitrogens with one attached hydrogen (secondary N) is 1. The van der Waals surface area contributed by atoms with Gasteiger partial charge in [0.15, 0.2) is 0 Å². The van der Waals surface area contributed by atoms with Crippen LogP contribution in [0.1, 0.15) is 25.7 Å². The van der Waals surface area contributed by atoms with E-state index in [-0.39, 0.29) is 18.2 Å². The Morgan fingerprint density at radius 2 is 2.13 bits per heavy atom. The van der Waals surface area contributed by atoms with Crippen LogP contribution < -0.4 is 5.32 Å². The highest BCUT2D eigenvalue weighted by Crippen LogP contribution is 2.22. The van der Waals surface area contributed by atoms with Crippen LogP contribution in [0.25, 0.3) is 0 Å². The number of rotatable bonds is 2. The summed E-state index contributed by atoms with van der Waals surface area (Å²) in [6, 6.07) is 0. The van der Waals surface area contributed by atoms with Gasteiger partial charge in [0.05, 0.1) is 6.10 Å². The van der Waals surface area contributed by atoms with Crippen molar-refractivity contribution in [3.05, 3.63) is 24.4 Å². The fraction of sp³-hybridized carbons (Fsp3) is 0.583. The SMILES string of the molecule is OC1CCCCC1C=NC1C=CC=CN1. The molecule has 3 heteroatoms. The van der Waals surface area contributed by atoms with Crippen molar-refractivity contribution in [1.82, 2.24) is 5.32 Å². The maximum Gasteiger partial charge on any atom is 0.137 e. The number of aliphatic hydroxyl groups is 1. The van der Waals surface area contributed by atoms with Gasteiger partial charge in [-0.05, 0) is 31.2 Å². The highest BCUT2D eigenvalue weighted by atomic mass is 16.3. The summed E-state index contributed by atoms with van der Waals surface area (Å²) in [6.07, 6.45) is 13.9. The first kappa shape index (κ1) is 10.4. The van der Waals surface area contributed by atoms with Crippen LogP contribution in [0.2, 0.25) is 0 Å². The summed E-state index contributed by atoms with van der Waals surface area (Å²) in [5.41, 5.74) is 0. The molecule has 0 aromatic heterocycles. The molecule has 82 valence electrons. The molecule has 0 aromatic rings. The van der Waals surface area contributed by atoms with Crippen molar-refractivity contribution < 1.29 is 5.11 Å². The molecule has 3 atom stereocenters. The molecule has 2 rings (SSSR count). The number of dihydropyridines is 1. The third-order valence-electron chi connectivity index (χ3n) is 2.99. The molecule has 0 spiro atoms. The largest absolute Gasteiger partial charge is 0.392 e. The van der Waals surface area contributed by atoms with Gasteiger partial charge in [0, 0.05) is 12.1 Å². The summed E-state index contributed by atoms with van der Waals surface area (Å²) in [5, 5.41) is 12.9. The van der Waals surface area contributed by atoms with Gasteiger partial charge in [-0.2, -0.15) is 0 Å². The van der Waals surface area contributed by atoms with E-state index in [4.69, 9.17) is 0 Å². The van der Waals surface area contributed by atoms with Gasteiger partial charge >= 0.3 is 0 Å². The zero-order valence-corrected chi connectivity index (χ0v) is 8.84. The molecule has 3 unspecified atom stereocenters. The van der Waals surface area contributed by atoms with Gasteiger partial charge in [-0.25, -0.2) is 0 Å². The normalized spacial score (nSPS) is 35.7. The third-order valence-corrected chi connectivity index (χ3v) is 2.99. The summed E-state index contributed by atoms with van der Waals surface area (Å²) >= 11 is 0. The lowest BCUT2D eigenvalue weighted by Crippen LogP contribution is -2.27. The maximum atomic E-state index is 9.75. The summed E-state index contributed by atoms with van der Waals surface area (Å²) in [7, 11) is 0. The fourth-order valence-corrected chi connectivity index (χ4v) is 2.04. The summed E-state index contributed by atoms with van der Waals surface area (Å²) < 4.78 is 0. The minimum Gasteiger partial charge on any atom is -0.392 e. The summed E-state index contributed by atoms with van der Waals surface area (Å²) in [6.45, 7) is 0. The number of aliphatic imine (C=N–C) groups is 1. The Morgan fingerprint density at radius 3 is 2.87 bits per heavy atom. The van der Waals surface area contributed by atoms with Crippen LogP contribution in [0.5, 0.6) is 0 Å². The van der Waals surface area contributed by atoms with Gasteiger partial charge in [0.2, 0.25) is 0 Å². The lowest BCUT2D eigenvalue weighted by atomic mass is 9.87. The van der Waals surface area contributed by atoms with Crippen LogP contribution in [-0.4, -0.2) is 23.6 Å². The van der Waals surface area contributed by atoms with E-state index in [2.05, 4.69) is 10.3 Å². The molecule has 3 nitrogen and oxygen atoms in total. The molecule has 1 fully saturated rings. The van der Waals surface area contributed by atoms with Gasteiger partial charge in [-0.1, -0.05) is 18.9 Å². The molecule has 1 heterocycles. The Bertz CT molecular complexity index is 283. The molecule has 0 radical (unpaired) electrons. The molecule has 0 aromatic carbocycles. The molecular weight excluding hydrogens is 188 g/mol. The predicted molar refractivity (Wildman–Crippen MR) is 61.7 cm³/mol. The minimum absolute atomic E-state index is 0.0455. The highest BCUT2D eigenvalue weighted by molar-refractivity contribution is 5.62. The smallest absolute Gasteiger partial charge is 0.137 e. The number of hydrogen-bond donors (Lipinski definition) is 2. The monoisotopic (exact) mass is 206 g/mol. The molecule has 1 saturated carbocycles. The lowest BCUT2D eigenvalue weighted by Gasteiger charge is -2.24. The van der Waals surface area contributed by atoms with E-state index in [0.717, 1.165) is 19.3 Å². The van der Waals surface area contributed by atoms with Gasteiger partial charge in [0.1, 0.15) is 6.17 Å². The van der Waals surface area contributed by atoms with Crippen LogP contribution in [0.3, 0.4) is 0 Å². The summed E-state index contributed by atoms with van der Waals surface area (Å²) in [5.74, 6) is 0.250. The molecule has 15 heavy (non-hydrogen) atoms. The second-order valence-corrected chi connectivity index (χ2v) is 4.17. The molecule has 0 saturated heterocycles. The van der Waals surface area contributed by atoms with E-state index in [1.807, 2.05) is 30.6 Å². The molecule has 2 N–H and O–H groups in total. The maximum absolute atomic E-state index is 9.75. The second kappa shape index (κ2) is 5.12. The Hall–Kier alpha value is -1.09. The van der Waals surface area contributed by atoms with Crippen molar-refractivity contribution >= 4 is 6.21 Å². The number of nitrogens with zero attached hydrogens (tertiary/aromatic N) is 1. The minimum atomic E-state index is -0.189. The predicted octanol–water partition coefficient (Wildman–Crippen LogP) is 1.61. The first-order valence-electron chi connectivity index (χ1n) is 5.67. The molecular formula is C12H18N2O. The Balaban J connectivity index is 1.86. The van der Waals surface area contributed by atoms with E-state index in [1.165, 1.54) is 6.42 Å². The molecule has 2 aliphatic rings.